The summed E-state index contributed by atoms with van der Waals surface area (Å²) in [6.07, 6.45) is 0.566. The predicted molar refractivity (Wildman–Crippen MR) is 69.7 cm³/mol. The maximum Gasteiger partial charge on any atom is 0.304 e. The van der Waals surface area contributed by atoms with E-state index in [0.717, 1.165) is 6.42 Å². The van der Waals surface area contributed by atoms with Gasteiger partial charge in [0, 0.05) is 11.6 Å². The highest BCUT2D eigenvalue weighted by Crippen LogP contribution is 2.23. The van der Waals surface area contributed by atoms with Crippen LogP contribution in [0, 0.1) is 0 Å². The third-order valence-corrected chi connectivity index (χ3v) is 2.73. The minimum Gasteiger partial charge on any atom is -0.481 e. The number of nitrogens with one attached hydrogen (secondary N) is 1. The summed E-state index contributed by atoms with van der Waals surface area (Å²) < 4.78 is 0. The molecule has 1 aromatic rings. The molecule has 0 heterocycles. The van der Waals surface area contributed by atoms with Crippen molar-refractivity contribution in [2.24, 2.45) is 0 Å². The summed E-state index contributed by atoms with van der Waals surface area (Å²) in [4.78, 5) is 22.8. The maximum atomic E-state index is 11.9. The molecule has 0 aliphatic carbocycles. The van der Waals surface area contributed by atoms with Crippen molar-refractivity contribution < 1.29 is 14.7 Å². The number of carboxylic acid groups (broad SMARTS) is 1. The molecule has 4 nitrogen and oxygen atoms in total. The number of carboxylic acids is 1. The van der Waals surface area contributed by atoms with Gasteiger partial charge >= 0.3 is 5.97 Å². The maximum absolute atomic E-state index is 11.9. The molecule has 0 aliphatic rings. The Morgan fingerprint density at radius 3 is 2.72 bits per heavy atom. The zero-order chi connectivity index (χ0) is 13.5. The quantitative estimate of drug-likeness (QED) is 0.833. The normalized spacial score (nSPS) is 11.9. The van der Waals surface area contributed by atoms with Crippen LogP contribution in [0.1, 0.15) is 31.2 Å². The number of aliphatic carboxylic acids is 1. The summed E-state index contributed by atoms with van der Waals surface area (Å²) >= 11 is 5.86. The van der Waals surface area contributed by atoms with Crippen molar-refractivity contribution in [2.75, 3.05) is 6.54 Å². The lowest BCUT2D eigenvalue weighted by Crippen LogP contribution is -2.31. The monoisotopic (exact) mass is 269 g/mol. The van der Waals surface area contributed by atoms with E-state index in [1.807, 2.05) is 6.92 Å². The second-order valence-electron chi connectivity index (χ2n) is 4.00. The van der Waals surface area contributed by atoms with Crippen LogP contribution in [0.3, 0.4) is 0 Å². The average Bonchev–Trinajstić information content (AvgIpc) is 2.32. The van der Waals surface area contributed by atoms with Crippen molar-refractivity contribution in [1.29, 1.82) is 0 Å². The van der Waals surface area contributed by atoms with Gasteiger partial charge in [-0.3, -0.25) is 9.59 Å². The number of benzene rings is 1. The summed E-state index contributed by atoms with van der Waals surface area (Å²) in [7, 11) is 0. The van der Waals surface area contributed by atoms with Crippen molar-refractivity contribution in [1.82, 2.24) is 5.32 Å². The molecule has 1 atom stereocenters. The summed E-state index contributed by atoms with van der Waals surface area (Å²) in [6.45, 7) is 2.47. The highest BCUT2D eigenvalue weighted by atomic mass is 35.5. The van der Waals surface area contributed by atoms with Gasteiger partial charge in [0.15, 0.2) is 0 Å². The van der Waals surface area contributed by atoms with Crippen molar-refractivity contribution in [3.63, 3.8) is 0 Å². The van der Waals surface area contributed by atoms with Crippen molar-refractivity contribution in [3.05, 3.63) is 34.9 Å². The molecule has 1 aromatic carbocycles. The van der Waals surface area contributed by atoms with E-state index in [2.05, 4.69) is 5.32 Å². The minimum absolute atomic E-state index is 0.240. The number of carbonyl (C=O) groups excluding carboxylic acids is 1. The average molecular weight is 270 g/mol. The second kappa shape index (κ2) is 7.01. The minimum atomic E-state index is -1.01. The molecule has 18 heavy (non-hydrogen) atoms. The molecular formula is C13H16ClNO3. The van der Waals surface area contributed by atoms with Crippen molar-refractivity contribution in [2.45, 2.75) is 25.7 Å². The molecule has 0 fully saturated rings. The van der Waals surface area contributed by atoms with Crippen molar-refractivity contribution >= 4 is 23.5 Å². The Morgan fingerprint density at radius 2 is 2.17 bits per heavy atom. The standard InChI is InChI=1S/C13H16ClNO3/c1-2-6-15-13(18)11(8-12(16)17)9-4-3-5-10(14)7-9/h3-5,7,11H,2,6,8H2,1H3,(H,15,18)(H,16,17). The van der Waals surface area contributed by atoms with Gasteiger partial charge in [0.25, 0.3) is 0 Å². The van der Waals surface area contributed by atoms with E-state index >= 15 is 0 Å². The summed E-state index contributed by atoms with van der Waals surface area (Å²) in [5.74, 6) is -1.99. The molecule has 0 spiro atoms. The largest absolute Gasteiger partial charge is 0.481 e. The topological polar surface area (TPSA) is 66.4 Å². The third kappa shape index (κ3) is 4.37. The van der Waals surface area contributed by atoms with Gasteiger partial charge in [-0.05, 0) is 24.1 Å². The molecule has 0 bridgehead atoms. The Labute approximate surface area is 111 Å². The zero-order valence-electron chi connectivity index (χ0n) is 10.1. The Morgan fingerprint density at radius 1 is 1.44 bits per heavy atom. The van der Waals surface area contributed by atoms with E-state index in [9.17, 15) is 9.59 Å². The van der Waals surface area contributed by atoms with Crippen LogP contribution in [0.25, 0.3) is 0 Å². The van der Waals surface area contributed by atoms with E-state index < -0.39 is 11.9 Å². The number of amides is 1. The van der Waals surface area contributed by atoms with Crippen LogP contribution in [0.2, 0.25) is 5.02 Å². The molecule has 0 aromatic heterocycles. The van der Waals surface area contributed by atoms with Gasteiger partial charge in [0.2, 0.25) is 5.91 Å². The molecule has 5 heteroatoms. The SMILES string of the molecule is CCCNC(=O)C(CC(=O)O)c1cccc(Cl)c1. The Hall–Kier alpha value is -1.55. The van der Waals surface area contributed by atoms with Crippen LogP contribution in [0.5, 0.6) is 0 Å². The first kappa shape index (κ1) is 14.5. The van der Waals surface area contributed by atoms with Gasteiger partial charge in [-0.25, -0.2) is 0 Å². The Kier molecular flexibility index (Phi) is 5.65. The van der Waals surface area contributed by atoms with Crippen molar-refractivity contribution in [3.8, 4) is 0 Å². The van der Waals surface area contributed by atoms with E-state index in [1.165, 1.54) is 0 Å². The van der Waals surface area contributed by atoms with E-state index in [4.69, 9.17) is 16.7 Å². The van der Waals surface area contributed by atoms with Crippen LogP contribution in [-0.4, -0.2) is 23.5 Å². The Balaban J connectivity index is 2.90. The Bertz CT molecular complexity index is 434. The van der Waals surface area contributed by atoms with Gasteiger partial charge in [-0.2, -0.15) is 0 Å². The molecule has 0 saturated carbocycles. The number of halogens is 1. The van der Waals surface area contributed by atoms with Gasteiger partial charge < -0.3 is 10.4 Å². The van der Waals surface area contributed by atoms with Crippen LogP contribution in [0.4, 0.5) is 0 Å². The highest BCUT2D eigenvalue weighted by molar-refractivity contribution is 6.30. The van der Waals surface area contributed by atoms with E-state index in [1.54, 1.807) is 24.3 Å². The lowest BCUT2D eigenvalue weighted by molar-refractivity contribution is -0.139. The fourth-order valence-electron chi connectivity index (χ4n) is 1.63. The van der Waals surface area contributed by atoms with Crippen LogP contribution >= 0.6 is 11.6 Å². The molecule has 0 radical (unpaired) electrons. The molecule has 1 amide bonds. The second-order valence-corrected chi connectivity index (χ2v) is 4.43. The van der Waals surface area contributed by atoms with Crippen LogP contribution in [0.15, 0.2) is 24.3 Å². The fourth-order valence-corrected chi connectivity index (χ4v) is 1.83. The number of hydrogen-bond donors (Lipinski definition) is 2. The fraction of sp³-hybridized carbons (Fsp3) is 0.385. The third-order valence-electron chi connectivity index (χ3n) is 2.50. The molecule has 98 valence electrons. The van der Waals surface area contributed by atoms with Gasteiger partial charge in [-0.1, -0.05) is 30.7 Å². The van der Waals surface area contributed by atoms with Crippen LogP contribution in [-0.2, 0) is 9.59 Å². The van der Waals surface area contributed by atoms with Crippen LogP contribution < -0.4 is 5.32 Å². The van der Waals surface area contributed by atoms with E-state index in [-0.39, 0.29) is 12.3 Å². The van der Waals surface area contributed by atoms with E-state index in [0.29, 0.717) is 17.1 Å². The highest BCUT2D eigenvalue weighted by Gasteiger charge is 2.23. The first-order chi connectivity index (χ1) is 8.54. The zero-order valence-corrected chi connectivity index (χ0v) is 10.9. The van der Waals surface area contributed by atoms with Gasteiger partial charge in [0.1, 0.15) is 0 Å². The first-order valence-electron chi connectivity index (χ1n) is 5.79. The molecule has 1 rings (SSSR count). The molecule has 0 saturated heterocycles. The summed E-state index contributed by atoms with van der Waals surface area (Å²) in [5, 5.41) is 12.1. The number of rotatable bonds is 6. The lowest BCUT2D eigenvalue weighted by Gasteiger charge is -2.15. The number of hydrogen-bond acceptors (Lipinski definition) is 2. The lowest BCUT2D eigenvalue weighted by atomic mass is 9.95. The van der Waals surface area contributed by atoms with Gasteiger partial charge in [-0.15, -0.1) is 0 Å². The molecule has 2 N–H and O–H groups in total. The predicted octanol–water partition coefficient (Wildman–Crippen LogP) is 2.42. The smallest absolute Gasteiger partial charge is 0.304 e. The molecule has 0 aliphatic heterocycles. The van der Waals surface area contributed by atoms with Gasteiger partial charge in [0.05, 0.1) is 12.3 Å². The summed E-state index contributed by atoms with van der Waals surface area (Å²) in [6, 6.07) is 6.73. The molecule has 1 unspecified atom stereocenters. The summed E-state index contributed by atoms with van der Waals surface area (Å²) in [5.41, 5.74) is 0.624. The first-order valence-corrected chi connectivity index (χ1v) is 6.17. The molecular weight excluding hydrogens is 254 g/mol. The number of carbonyl (C=O) groups is 2.